The highest BCUT2D eigenvalue weighted by Crippen LogP contribution is 2.46. The number of rotatable bonds is 2. The summed E-state index contributed by atoms with van der Waals surface area (Å²) in [5.74, 6) is 0. The van der Waals surface area contributed by atoms with Crippen LogP contribution in [0.4, 0.5) is 0 Å². The molecule has 0 amide bonds. The van der Waals surface area contributed by atoms with Gasteiger partial charge >= 0.3 is 0 Å². The first-order chi connectivity index (χ1) is 10.8. The van der Waals surface area contributed by atoms with E-state index in [-0.39, 0.29) is 0 Å². The third kappa shape index (κ3) is 2.32. The Kier molecular flexibility index (Phi) is 3.44. The van der Waals surface area contributed by atoms with Crippen molar-refractivity contribution in [2.24, 2.45) is 0 Å². The molecule has 0 saturated carbocycles. The summed E-state index contributed by atoms with van der Waals surface area (Å²) in [5.41, 5.74) is 8.41. The predicted molar refractivity (Wildman–Crippen MR) is 92.3 cm³/mol. The second-order valence-electron chi connectivity index (χ2n) is 5.94. The lowest BCUT2D eigenvalue weighted by molar-refractivity contribution is 0.558. The standard InChI is InChI=1S/C21H19N/c1-22-14-20-18(16-8-4-2-5-9-16)12-13-19(21(20)15-22)17-10-6-3-7-11-17/h2-11,14-15H,12-13H2,1H3. The molecule has 2 aromatic carbocycles. The Morgan fingerprint density at radius 3 is 1.45 bits per heavy atom. The molecule has 2 aromatic rings. The average Bonchev–Trinajstić information content (AvgIpc) is 2.97. The molecule has 1 saturated heterocycles. The van der Waals surface area contributed by atoms with Crippen LogP contribution < -0.4 is 0 Å². The lowest BCUT2D eigenvalue weighted by atomic mass is 9.81. The van der Waals surface area contributed by atoms with Gasteiger partial charge in [-0.05, 0) is 53.3 Å². The van der Waals surface area contributed by atoms with Gasteiger partial charge in [-0.3, -0.25) is 4.90 Å². The monoisotopic (exact) mass is 285 g/mol. The van der Waals surface area contributed by atoms with Gasteiger partial charge in [-0.1, -0.05) is 60.7 Å². The van der Waals surface area contributed by atoms with Crippen molar-refractivity contribution in [3.63, 3.8) is 0 Å². The van der Waals surface area contributed by atoms with Crippen LogP contribution >= 0.6 is 0 Å². The summed E-state index contributed by atoms with van der Waals surface area (Å²) < 4.78 is 0. The summed E-state index contributed by atoms with van der Waals surface area (Å²) in [5, 5.41) is 0. The number of likely N-dealkylation sites (tertiary alicyclic amines) is 1. The molecule has 1 fully saturated rings. The van der Waals surface area contributed by atoms with E-state index in [4.69, 9.17) is 0 Å². The fourth-order valence-corrected chi connectivity index (χ4v) is 3.46. The number of likely N-dealkylation sites (N-methyl/N-ethyl adjacent to an activating group) is 1. The first kappa shape index (κ1) is 13.5. The zero-order valence-corrected chi connectivity index (χ0v) is 12.8. The summed E-state index contributed by atoms with van der Waals surface area (Å²) in [7, 11) is 2.11. The molecule has 22 heavy (non-hydrogen) atoms. The molecule has 1 heterocycles. The van der Waals surface area contributed by atoms with E-state index in [2.05, 4.69) is 85.7 Å². The lowest BCUT2D eigenvalue weighted by Crippen LogP contribution is -2.02. The number of hydrogen-bond acceptors (Lipinski definition) is 1. The van der Waals surface area contributed by atoms with Crippen molar-refractivity contribution in [1.82, 2.24) is 4.90 Å². The second-order valence-corrected chi connectivity index (χ2v) is 5.94. The Morgan fingerprint density at radius 2 is 1.05 bits per heavy atom. The zero-order chi connectivity index (χ0) is 14.9. The maximum atomic E-state index is 2.26. The second kappa shape index (κ2) is 5.58. The molecule has 0 spiro atoms. The largest absolute Gasteiger partial charge is 0.288 e. The van der Waals surface area contributed by atoms with Gasteiger partial charge in [0.2, 0.25) is 0 Å². The maximum Gasteiger partial charge on any atom is 0.0555 e. The summed E-state index contributed by atoms with van der Waals surface area (Å²) in [6.45, 7) is 4.53. The van der Waals surface area contributed by atoms with E-state index in [1.807, 2.05) is 0 Å². The van der Waals surface area contributed by atoms with Gasteiger partial charge in [0.15, 0.2) is 0 Å². The van der Waals surface area contributed by atoms with E-state index in [1.54, 1.807) is 0 Å². The van der Waals surface area contributed by atoms with Crippen LogP contribution in [0.5, 0.6) is 0 Å². The molecule has 0 aromatic heterocycles. The number of benzene rings is 2. The third-order valence-electron chi connectivity index (χ3n) is 4.48. The quantitative estimate of drug-likeness (QED) is 0.754. The van der Waals surface area contributed by atoms with Gasteiger partial charge in [-0.2, -0.15) is 0 Å². The molecule has 108 valence electrons. The van der Waals surface area contributed by atoms with Crippen LogP contribution in [0.2, 0.25) is 0 Å². The Morgan fingerprint density at radius 1 is 0.636 bits per heavy atom. The minimum absolute atomic E-state index is 1.10. The Hall–Kier alpha value is -2.12. The van der Waals surface area contributed by atoms with E-state index in [0.717, 1.165) is 12.8 Å². The molecule has 1 heteroatoms. The lowest BCUT2D eigenvalue weighted by Gasteiger charge is -2.22. The van der Waals surface area contributed by atoms with Crippen LogP contribution in [-0.4, -0.2) is 11.9 Å². The Balaban J connectivity index is 1.86. The first-order valence-corrected chi connectivity index (χ1v) is 7.82. The van der Waals surface area contributed by atoms with Crippen LogP contribution in [-0.2, 0) is 0 Å². The van der Waals surface area contributed by atoms with Gasteiger partial charge < -0.3 is 0 Å². The van der Waals surface area contributed by atoms with Gasteiger partial charge in [0.1, 0.15) is 0 Å². The zero-order valence-electron chi connectivity index (χ0n) is 12.8. The molecular weight excluding hydrogens is 266 g/mol. The van der Waals surface area contributed by atoms with Crippen LogP contribution in [0.3, 0.4) is 0 Å². The number of hydrogen-bond donors (Lipinski definition) is 0. The fourth-order valence-electron chi connectivity index (χ4n) is 3.46. The molecule has 2 radical (unpaired) electrons. The summed E-state index contributed by atoms with van der Waals surface area (Å²) >= 11 is 0. The molecule has 2 aliphatic rings. The van der Waals surface area contributed by atoms with E-state index in [0.29, 0.717) is 0 Å². The summed E-state index contributed by atoms with van der Waals surface area (Å²) in [4.78, 5) is 2.18. The van der Waals surface area contributed by atoms with E-state index in [9.17, 15) is 0 Å². The van der Waals surface area contributed by atoms with Crippen molar-refractivity contribution in [2.75, 3.05) is 7.05 Å². The highest BCUT2D eigenvalue weighted by molar-refractivity contribution is 5.88. The van der Waals surface area contributed by atoms with Crippen LogP contribution in [0.1, 0.15) is 24.0 Å². The molecule has 0 N–H and O–H groups in total. The predicted octanol–water partition coefficient (Wildman–Crippen LogP) is 4.96. The van der Waals surface area contributed by atoms with Gasteiger partial charge in [0.25, 0.3) is 0 Å². The van der Waals surface area contributed by atoms with Gasteiger partial charge in [0, 0.05) is 0 Å². The summed E-state index contributed by atoms with van der Waals surface area (Å²) in [6, 6.07) is 21.6. The molecule has 0 unspecified atom stereocenters. The van der Waals surface area contributed by atoms with Crippen LogP contribution in [0.15, 0.2) is 71.8 Å². The average molecular weight is 285 g/mol. The molecule has 1 nitrogen and oxygen atoms in total. The number of nitrogens with zero attached hydrogens (tertiary/aromatic N) is 1. The van der Waals surface area contributed by atoms with Crippen molar-refractivity contribution in [1.29, 1.82) is 0 Å². The highest BCUT2D eigenvalue weighted by Gasteiger charge is 2.30. The topological polar surface area (TPSA) is 3.24 Å². The molecule has 1 aliphatic carbocycles. The van der Waals surface area contributed by atoms with E-state index < -0.39 is 0 Å². The minimum atomic E-state index is 1.10. The van der Waals surface area contributed by atoms with E-state index in [1.165, 1.54) is 33.4 Å². The van der Waals surface area contributed by atoms with Crippen molar-refractivity contribution in [3.05, 3.63) is 96.0 Å². The van der Waals surface area contributed by atoms with Crippen molar-refractivity contribution < 1.29 is 0 Å². The SMILES string of the molecule is CN1[CH]C2=C(c3ccccc3)CCC(c3ccccc3)=C2[CH]1. The van der Waals surface area contributed by atoms with Crippen LogP contribution in [0, 0.1) is 13.1 Å². The van der Waals surface area contributed by atoms with Crippen LogP contribution in [0.25, 0.3) is 11.1 Å². The Bertz CT molecular complexity index is 672. The normalized spacial score (nSPS) is 18.8. The molecule has 0 bridgehead atoms. The van der Waals surface area contributed by atoms with Crippen molar-refractivity contribution in [2.45, 2.75) is 12.8 Å². The summed E-state index contributed by atoms with van der Waals surface area (Å²) in [6.07, 6.45) is 2.20. The molecular formula is C21H19N. The first-order valence-electron chi connectivity index (χ1n) is 7.82. The van der Waals surface area contributed by atoms with Gasteiger partial charge in [-0.15, -0.1) is 0 Å². The van der Waals surface area contributed by atoms with Crippen molar-refractivity contribution in [3.8, 4) is 0 Å². The number of fused-ring (bicyclic) bond motifs is 1. The third-order valence-corrected chi connectivity index (χ3v) is 4.48. The smallest absolute Gasteiger partial charge is 0.0555 e. The minimum Gasteiger partial charge on any atom is -0.288 e. The molecule has 4 rings (SSSR count). The van der Waals surface area contributed by atoms with Crippen molar-refractivity contribution >= 4 is 11.1 Å². The molecule has 1 aliphatic heterocycles. The maximum absolute atomic E-state index is 2.26. The van der Waals surface area contributed by atoms with E-state index >= 15 is 0 Å². The molecule has 0 atom stereocenters. The Labute approximate surface area is 132 Å². The van der Waals surface area contributed by atoms with Gasteiger partial charge in [-0.25, -0.2) is 0 Å². The fraction of sp³-hybridized carbons (Fsp3) is 0.143. The highest BCUT2D eigenvalue weighted by atomic mass is 15.1. The number of allylic oxidation sites excluding steroid dienone is 2. The van der Waals surface area contributed by atoms with Gasteiger partial charge in [0.05, 0.1) is 13.1 Å².